The Kier molecular flexibility index (Phi) is 10.4. The Labute approximate surface area is 178 Å². The second-order valence-electron chi connectivity index (χ2n) is 7.41. The van der Waals surface area contributed by atoms with Crippen LogP contribution >= 0.6 is 0 Å². The molecule has 9 heteroatoms. The summed E-state index contributed by atoms with van der Waals surface area (Å²) in [6.07, 6.45) is 2.18. The van der Waals surface area contributed by atoms with E-state index in [0.29, 0.717) is 64.9 Å². The predicted molar refractivity (Wildman–Crippen MR) is 115 cm³/mol. The van der Waals surface area contributed by atoms with Crippen molar-refractivity contribution in [3.63, 3.8) is 0 Å². The third-order valence-corrected chi connectivity index (χ3v) is 4.50. The number of benzene rings is 1. The molecule has 0 spiro atoms. The highest BCUT2D eigenvalue weighted by Crippen LogP contribution is 2.22. The quantitative estimate of drug-likeness (QED) is 0.144. The van der Waals surface area contributed by atoms with Crippen LogP contribution in [-0.2, 0) is 14.2 Å². The molecule has 0 aliphatic carbocycles. The monoisotopic (exact) mass is 420 g/mol. The third-order valence-electron chi connectivity index (χ3n) is 4.50. The summed E-state index contributed by atoms with van der Waals surface area (Å²) >= 11 is 0. The lowest BCUT2D eigenvalue weighted by Gasteiger charge is -2.08. The van der Waals surface area contributed by atoms with E-state index in [2.05, 4.69) is 65.3 Å². The molecular weight excluding hydrogens is 386 g/mol. The zero-order chi connectivity index (χ0) is 21.8. The predicted octanol–water partition coefficient (Wildman–Crippen LogP) is 3.83. The lowest BCUT2D eigenvalue weighted by molar-refractivity contribution is -0.692. The topological polar surface area (TPSA) is 94.5 Å². The van der Waals surface area contributed by atoms with Crippen molar-refractivity contribution in [2.24, 2.45) is 5.11 Å². The lowest BCUT2D eigenvalue weighted by Crippen LogP contribution is -2.34. The third kappa shape index (κ3) is 7.50. The maximum atomic E-state index is 8.14. The number of ether oxygens (including phenoxy) is 4. The minimum atomic E-state index is 0.341. The first-order chi connectivity index (χ1) is 14.5. The van der Waals surface area contributed by atoms with Gasteiger partial charge >= 0.3 is 0 Å². The molecule has 0 saturated carbocycles. The van der Waals surface area contributed by atoms with Crippen molar-refractivity contribution in [2.45, 2.75) is 39.8 Å². The Morgan fingerprint density at radius 2 is 1.60 bits per heavy atom. The summed E-state index contributed by atoms with van der Waals surface area (Å²) in [5, 5.41) is 3.38. The second-order valence-corrected chi connectivity index (χ2v) is 7.41. The van der Waals surface area contributed by atoms with Crippen LogP contribution in [0.5, 0.6) is 5.75 Å². The van der Waals surface area contributed by atoms with Gasteiger partial charge in [0.2, 0.25) is 6.33 Å². The maximum absolute atomic E-state index is 8.14. The Morgan fingerprint density at radius 3 is 2.20 bits per heavy atom. The minimum absolute atomic E-state index is 0.341. The minimum Gasteiger partial charge on any atom is -0.491 e. The van der Waals surface area contributed by atoms with Gasteiger partial charge in [-0.05, 0) is 45.4 Å². The Hall–Kier alpha value is -2.32. The maximum Gasteiger partial charge on any atom is 0.245 e. The Balaban J connectivity index is 1.66. The summed E-state index contributed by atoms with van der Waals surface area (Å²) in [6.45, 7) is 12.5. The van der Waals surface area contributed by atoms with E-state index in [0.717, 1.165) is 5.75 Å². The van der Waals surface area contributed by atoms with E-state index < -0.39 is 0 Å². The van der Waals surface area contributed by atoms with E-state index in [9.17, 15) is 0 Å². The van der Waals surface area contributed by atoms with Gasteiger partial charge in [0.1, 0.15) is 12.4 Å². The second kappa shape index (κ2) is 13.1. The van der Waals surface area contributed by atoms with E-state index in [1.807, 2.05) is 6.07 Å². The molecular formula is C21H34N5O4+. The average Bonchev–Trinajstić information content (AvgIpc) is 3.11. The highest BCUT2D eigenvalue weighted by Gasteiger charge is 2.20. The smallest absolute Gasteiger partial charge is 0.245 e. The molecule has 0 unspecified atom stereocenters. The molecule has 0 radical (unpaired) electrons. The first-order valence-electron chi connectivity index (χ1n) is 10.5. The highest BCUT2D eigenvalue weighted by atomic mass is 16.6. The SMILES string of the molecule is CC(C)n1c[n+](C(C)C)c2cc(OCCOCCOCCOCCN=[N+]=[N-])ccc21. The summed E-state index contributed by atoms with van der Waals surface area (Å²) in [4.78, 5) is 2.65. The summed E-state index contributed by atoms with van der Waals surface area (Å²) in [6, 6.07) is 7.00. The highest BCUT2D eigenvalue weighted by molar-refractivity contribution is 5.74. The van der Waals surface area contributed by atoms with Crippen LogP contribution in [0.4, 0.5) is 0 Å². The number of hydrogen-bond donors (Lipinski definition) is 0. The van der Waals surface area contributed by atoms with Crippen LogP contribution < -0.4 is 9.30 Å². The normalized spacial score (nSPS) is 11.4. The molecule has 0 amide bonds. The van der Waals surface area contributed by atoms with Crippen molar-refractivity contribution < 1.29 is 23.5 Å². The van der Waals surface area contributed by atoms with Crippen LogP contribution in [0.1, 0.15) is 39.8 Å². The van der Waals surface area contributed by atoms with E-state index in [1.54, 1.807) is 0 Å². The number of hydrogen-bond acceptors (Lipinski definition) is 5. The van der Waals surface area contributed by atoms with Crippen LogP contribution in [-0.4, -0.2) is 57.4 Å². The summed E-state index contributed by atoms with van der Waals surface area (Å²) in [5.41, 5.74) is 10.5. The number of imidazole rings is 1. The van der Waals surface area contributed by atoms with Crippen molar-refractivity contribution in [3.8, 4) is 5.75 Å². The number of aromatic nitrogens is 2. The Bertz CT molecular complexity index is 815. The fourth-order valence-electron chi connectivity index (χ4n) is 3.01. The van der Waals surface area contributed by atoms with Gasteiger partial charge in [-0.25, -0.2) is 9.13 Å². The molecule has 2 rings (SSSR count). The number of fused-ring (bicyclic) bond motifs is 1. The van der Waals surface area contributed by atoms with Gasteiger partial charge in [0.25, 0.3) is 0 Å². The van der Waals surface area contributed by atoms with E-state index in [-0.39, 0.29) is 0 Å². The van der Waals surface area contributed by atoms with Crippen molar-refractivity contribution in [1.82, 2.24) is 4.57 Å². The molecule has 1 aromatic heterocycles. The number of nitrogens with zero attached hydrogens (tertiary/aromatic N) is 5. The van der Waals surface area contributed by atoms with Gasteiger partial charge in [0.05, 0.1) is 51.7 Å². The van der Waals surface area contributed by atoms with Gasteiger partial charge in [-0.15, -0.1) is 0 Å². The molecule has 2 aromatic rings. The molecule has 0 fully saturated rings. The fourth-order valence-corrected chi connectivity index (χ4v) is 3.01. The Morgan fingerprint density at radius 1 is 0.967 bits per heavy atom. The average molecular weight is 421 g/mol. The standard InChI is InChI=1S/C21H34N5O4/c1-17(2)25-16-26(18(3)4)21-15-19(5-6-20(21)25)30-14-13-29-12-11-28-10-9-27-8-7-23-24-22/h5-6,15-18H,7-14H2,1-4H3/q+1. The summed E-state index contributed by atoms with van der Waals surface area (Å²) in [5.74, 6) is 0.844. The van der Waals surface area contributed by atoms with Gasteiger partial charge in [-0.1, -0.05) is 5.11 Å². The van der Waals surface area contributed by atoms with Crippen LogP contribution in [0.3, 0.4) is 0 Å². The van der Waals surface area contributed by atoms with Gasteiger partial charge in [0.15, 0.2) is 11.0 Å². The van der Waals surface area contributed by atoms with Crippen molar-refractivity contribution in [1.29, 1.82) is 0 Å². The van der Waals surface area contributed by atoms with Crippen molar-refractivity contribution in [3.05, 3.63) is 35.0 Å². The first kappa shape index (κ1) is 24.0. The van der Waals surface area contributed by atoms with E-state index in [1.165, 1.54) is 11.0 Å². The van der Waals surface area contributed by atoms with Crippen LogP contribution in [0.2, 0.25) is 0 Å². The molecule has 0 N–H and O–H groups in total. The van der Waals surface area contributed by atoms with Gasteiger partial charge in [0, 0.05) is 17.5 Å². The van der Waals surface area contributed by atoms with Gasteiger partial charge in [-0.2, -0.15) is 0 Å². The fraction of sp³-hybridized carbons (Fsp3) is 0.667. The van der Waals surface area contributed by atoms with E-state index >= 15 is 0 Å². The van der Waals surface area contributed by atoms with Gasteiger partial charge in [-0.3, -0.25) is 0 Å². The number of azide groups is 1. The zero-order valence-electron chi connectivity index (χ0n) is 18.5. The molecule has 1 aromatic carbocycles. The molecule has 0 aliphatic rings. The van der Waals surface area contributed by atoms with Crippen molar-refractivity contribution in [2.75, 3.05) is 52.8 Å². The molecule has 0 aliphatic heterocycles. The number of rotatable bonds is 15. The molecule has 9 nitrogen and oxygen atoms in total. The van der Waals surface area contributed by atoms with E-state index in [4.69, 9.17) is 24.5 Å². The molecule has 166 valence electrons. The largest absolute Gasteiger partial charge is 0.491 e. The molecule has 0 bridgehead atoms. The molecule has 1 heterocycles. The lowest BCUT2D eigenvalue weighted by atomic mass is 10.2. The summed E-state index contributed by atoms with van der Waals surface area (Å²) < 4.78 is 26.6. The molecule has 0 atom stereocenters. The van der Waals surface area contributed by atoms with Gasteiger partial charge < -0.3 is 18.9 Å². The van der Waals surface area contributed by atoms with Crippen LogP contribution in [0.15, 0.2) is 29.6 Å². The van der Waals surface area contributed by atoms with Crippen LogP contribution in [0.25, 0.3) is 21.5 Å². The van der Waals surface area contributed by atoms with Crippen molar-refractivity contribution >= 4 is 11.0 Å². The van der Waals surface area contributed by atoms with Crippen LogP contribution in [0, 0.1) is 0 Å². The zero-order valence-corrected chi connectivity index (χ0v) is 18.5. The first-order valence-corrected chi connectivity index (χ1v) is 10.5. The summed E-state index contributed by atoms with van der Waals surface area (Å²) in [7, 11) is 0. The molecule has 0 saturated heterocycles. The molecule has 30 heavy (non-hydrogen) atoms.